The van der Waals surface area contributed by atoms with Gasteiger partial charge in [0.2, 0.25) is 0 Å². The molecule has 94 valence electrons. The molecule has 0 saturated heterocycles. The normalized spacial score (nSPS) is 11.9. The van der Waals surface area contributed by atoms with Gasteiger partial charge in [0.1, 0.15) is 0 Å². The molecule has 1 heterocycles. The molecule has 1 aromatic heterocycles. The standard InChI is InChI=1S/C17H15NS/c1-17(2,3)13-5-4-6-14-16(13)12-8-7-11(10-18)9-15(12)19-14/h4-9H,1-3H3. The number of nitrogens with zero attached hydrogens (tertiary/aromatic N) is 1. The molecular formula is C17H15NS. The van der Waals surface area contributed by atoms with Gasteiger partial charge in [-0.05, 0) is 29.2 Å². The molecule has 0 radical (unpaired) electrons. The summed E-state index contributed by atoms with van der Waals surface area (Å²) in [5.41, 5.74) is 2.24. The minimum atomic E-state index is 0.126. The van der Waals surface area contributed by atoms with E-state index in [1.165, 1.54) is 25.7 Å². The average molecular weight is 265 g/mol. The summed E-state index contributed by atoms with van der Waals surface area (Å²) >= 11 is 1.77. The van der Waals surface area contributed by atoms with Gasteiger partial charge >= 0.3 is 0 Å². The number of hydrogen-bond acceptors (Lipinski definition) is 2. The maximum Gasteiger partial charge on any atom is 0.0992 e. The lowest BCUT2D eigenvalue weighted by Crippen LogP contribution is -2.11. The van der Waals surface area contributed by atoms with Gasteiger partial charge in [0, 0.05) is 20.2 Å². The van der Waals surface area contributed by atoms with Crippen molar-refractivity contribution in [3.63, 3.8) is 0 Å². The minimum Gasteiger partial charge on any atom is -0.192 e. The van der Waals surface area contributed by atoms with Crippen molar-refractivity contribution in [2.75, 3.05) is 0 Å². The van der Waals surface area contributed by atoms with Crippen LogP contribution in [0.15, 0.2) is 36.4 Å². The van der Waals surface area contributed by atoms with E-state index in [1.807, 2.05) is 12.1 Å². The summed E-state index contributed by atoms with van der Waals surface area (Å²) < 4.78 is 2.50. The molecule has 2 aromatic carbocycles. The zero-order valence-electron chi connectivity index (χ0n) is 11.3. The molecule has 19 heavy (non-hydrogen) atoms. The van der Waals surface area contributed by atoms with Gasteiger partial charge in [-0.25, -0.2) is 0 Å². The minimum absolute atomic E-state index is 0.126. The van der Waals surface area contributed by atoms with Crippen LogP contribution in [0.25, 0.3) is 20.2 Å². The van der Waals surface area contributed by atoms with Crippen LogP contribution in [0, 0.1) is 11.3 Å². The third-order valence-electron chi connectivity index (χ3n) is 3.43. The highest BCUT2D eigenvalue weighted by molar-refractivity contribution is 7.25. The number of hydrogen-bond donors (Lipinski definition) is 0. The zero-order chi connectivity index (χ0) is 13.6. The van der Waals surface area contributed by atoms with Crippen molar-refractivity contribution in [3.8, 4) is 6.07 Å². The largest absolute Gasteiger partial charge is 0.192 e. The fourth-order valence-electron chi connectivity index (χ4n) is 2.52. The molecule has 0 fully saturated rings. The quantitative estimate of drug-likeness (QED) is 0.546. The van der Waals surface area contributed by atoms with E-state index in [0.717, 1.165) is 5.56 Å². The topological polar surface area (TPSA) is 23.8 Å². The highest BCUT2D eigenvalue weighted by Gasteiger charge is 2.19. The van der Waals surface area contributed by atoms with Crippen molar-refractivity contribution in [3.05, 3.63) is 47.5 Å². The maximum atomic E-state index is 9.01. The smallest absolute Gasteiger partial charge is 0.0992 e. The summed E-state index contributed by atoms with van der Waals surface area (Å²) in [6.45, 7) is 6.73. The van der Waals surface area contributed by atoms with Crippen LogP contribution in [0.3, 0.4) is 0 Å². The Morgan fingerprint density at radius 3 is 2.53 bits per heavy atom. The monoisotopic (exact) mass is 265 g/mol. The van der Waals surface area contributed by atoms with Gasteiger partial charge in [0.05, 0.1) is 11.6 Å². The molecule has 0 amide bonds. The molecule has 0 N–H and O–H groups in total. The predicted molar refractivity (Wildman–Crippen MR) is 82.7 cm³/mol. The van der Waals surface area contributed by atoms with Gasteiger partial charge in [0.25, 0.3) is 0 Å². The molecule has 3 rings (SSSR count). The van der Waals surface area contributed by atoms with Gasteiger partial charge in [0.15, 0.2) is 0 Å². The van der Waals surface area contributed by atoms with Crippen LogP contribution in [-0.2, 0) is 5.41 Å². The first-order valence-corrected chi connectivity index (χ1v) is 7.18. The van der Waals surface area contributed by atoms with Crippen LogP contribution in [-0.4, -0.2) is 0 Å². The van der Waals surface area contributed by atoms with E-state index in [-0.39, 0.29) is 5.41 Å². The van der Waals surface area contributed by atoms with E-state index in [4.69, 9.17) is 5.26 Å². The Labute approximate surface area is 117 Å². The van der Waals surface area contributed by atoms with E-state index in [2.05, 4.69) is 51.1 Å². The van der Waals surface area contributed by atoms with Crippen molar-refractivity contribution in [1.82, 2.24) is 0 Å². The van der Waals surface area contributed by atoms with Crippen molar-refractivity contribution in [1.29, 1.82) is 5.26 Å². The molecule has 0 aliphatic rings. The van der Waals surface area contributed by atoms with Crippen LogP contribution in [0.2, 0.25) is 0 Å². The summed E-state index contributed by atoms with van der Waals surface area (Å²) in [5, 5.41) is 11.6. The lowest BCUT2D eigenvalue weighted by molar-refractivity contribution is 0.596. The summed E-state index contributed by atoms with van der Waals surface area (Å²) in [6, 6.07) is 14.7. The molecule has 0 aliphatic heterocycles. The Morgan fingerprint density at radius 1 is 1.05 bits per heavy atom. The SMILES string of the molecule is CC(C)(C)c1cccc2sc3cc(C#N)ccc3c12. The molecule has 0 unspecified atom stereocenters. The van der Waals surface area contributed by atoms with Gasteiger partial charge in [-0.1, -0.05) is 39.0 Å². The number of fused-ring (bicyclic) bond motifs is 3. The number of benzene rings is 2. The van der Waals surface area contributed by atoms with E-state index in [0.29, 0.717) is 0 Å². The summed E-state index contributed by atoms with van der Waals surface area (Å²) in [7, 11) is 0. The first-order chi connectivity index (χ1) is 9.00. The highest BCUT2D eigenvalue weighted by atomic mass is 32.1. The lowest BCUT2D eigenvalue weighted by atomic mass is 9.84. The third kappa shape index (κ3) is 1.91. The second kappa shape index (κ2) is 4.08. The first kappa shape index (κ1) is 12.2. The average Bonchev–Trinajstić information content (AvgIpc) is 2.74. The summed E-state index contributed by atoms with van der Waals surface area (Å²) in [6.07, 6.45) is 0. The fraction of sp³-hybridized carbons (Fsp3) is 0.235. The Kier molecular flexibility index (Phi) is 2.62. The Balaban J connectivity index is 2.46. The Bertz CT molecular complexity index is 813. The predicted octanol–water partition coefficient (Wildman–Crippen LogP) is 5.22. The number of thiophene rings is 1. The lowest BCUT2D eigenvalue weighted by Gasteiger charge is -2.20. The van der Waals surface area contributed by atoms with Gasteiger partial charge in [-0.3, -0.25) is 0 Å². The Hall–Kier alpha value is -1.85. The van der Waals surface area contributed by atoms with Crippen molar-refractivity contribution in [2.45, 2.75) is 26.2 Å². The molecule has 1 nitrogen and oxygen atoms in total. The second-order valence-corrected chi connectivity index (χ2v) is 6.94. The number of rotatable bonds is 0. The van der Waals surface area contributed by atoms with E-state index < -0.39 is 0 Å². The van der Waals surface area contributed by atoms with E-state index in [1.54, 1.807) is 11.3 Å². The fourth-order valence-corrected chi connectivity index (χ4v) is 3.69. The molecule has 0 saturated carbocycles. The molecule has 0 aliphatic carbocycles. The molecular weight excluding hydrogens is 250 g/mol. The highest BCUT2D eigenvalue weighted by Crippen LogP contribution is 2.40. The first-order valence-electron chi connectivity index (χ1n) is 6.36. The third-order valence-corrected chi connectivity index (χ3v) is 4.55. The molecule has 3 aromatic rings. The van der Waals surface area contributed by atoms with Crippen LogP contribution >= 0.6 is 11.3 Å². The van der Waals surface area contributed by atoms with Crippen LogP contribution in [0.4, 0.5) is 0 Å². The van der Waals surface area contributed by atoms with E-state index in [9.17, 15) is 0 Å². The van der Waals surface area contributed by atoms with Gasteiger partial charge in [-0.2, -0.15) is 5.26 Å². The van der Waals surface area contributed by atoms with Crippen molar-refractivity contribution < 1.29 is 0 Å². The number of nitriles is 1. The van der Waals surface area contributed by atoms with Crippen molar-refractivity contribution in [2.24, 2.45) is 0 Å². The summed E-state index contributed by atoms with van der Waals surface area (Å²) in [5.74, 6) is 0. The second-order valence-electron chi connectivity index (χ2n) is 5.85. The van der Waals surface area contributed by atoms with Gasteiger partial charge < -0.3 is 0 Å². The summed E-state index contributed by atoms with van der Waals surface area (Å²) in [4.78, 5) is 0. The molecule has 2 heteroatoms. The maximum absolute atomic E-state index is 9.01. The van der Waals surface area contributed by atoms with Crippen molar-refractivity contribution >= 4 is 31.5 Å². The van der Waals surface area contributed by atoms with Gasteiger partial charge in [-0.15, -0.1) is 11.3 Å². The Morgan fingerprint density at radius 2 is 1.84 bits per heavy atom. The molecule has 0 atom stereocenters. The van der Waals surface area contributed by atoms with Crippen LogP contribution in [0.5, 0.6) is 0 Å². The van der Waals surface area contributed by atoms with Crippen LogP contribution < -0.4 is 0 Å². The van der Waals surface area contributed by atoms with E-state index >= 15 is 0 Å². The zero-order valence-corrected chi connectivity index (χ0v) is 12.1. The molecule has 0 bridgehead atoms. The van der Waals surface area contributed by atoms with Crippen LogP contribution in [0.1, 0.15) is 31.9 Å². The molecule has 0 spiro atoms.